The lowest BCUT2D eigenvalue weighted by Gasteiger charge is -2.31. The maximum Gasteiger partial charge on any atom is 0.0162 e. The van der Waals surface area contributed by atoms with Crippen LogP contribution >= 0.6 is 0 Å². The fourth-order valence-electron chi connectivity index (χ4n) is 8.76. The van der Waals surface area contributed by atoms with Crippen LogP contribution in [0.25, 0.3) is 55.3 Å². The van der Waals surface area contributed by atoms with E-state index >= 15 is 0 Å². The molecular formula is C48H48. The predicted octanol–water partition coefficient (Wildman–Crippen LogP) is 13.4. The van der Waals surface area contributed by atoms with Gasteiger partial charge in [-0.15, -0.1) is 0 Å². The third-order valence-corrected chi connectivity index (χ3v) is 11.6. The molecule has 0 aliphatic heterocycles. The van der Waals surface area contributed by atoms with Crippen LogP contribution < -0.4 is 0 Å². The lowest BCUT2D eigenvalue weighted by Crippen LogP contribution is -2.24. The van der Waals surface area contributed by atoms with Crippen molar-refractivity contribution in [1.29, 1.82) is 0 Å². The third-order valence-electron chi connectivity index (χ3n) is 11.6. The minimum Gasteiger partial charge on any atom is -0.0616 e. The number of hydrogen-bond acceptors (Lipinski definition) is 0. The van der Waals surface area contributed by atoms with Gasteiger partial charge in [0.15, 0.2) is 0 Å². The van der Waals surface area contributed by atoms with E-state index in [1.165, 1.54) is 88.7 Å². The normalized spacial score (nSPS) is 15.6. The minimum absolute atomic E-state index is 0.142. The summed E-state index contributed by atoms with van der Waals surface area (Å²) in [5, 5.41) is 2.73. The summed E-state index contributed by atoms with van der Waals surface area (Å²) in [5.74, 6) is 0. The molecule has 0 unspecified atom stereocenters. The van der Waals surface area contributed by atoms with Gasteiger partial charge in [0.25, 0.3) is 0 Å². The molecule has 0 N–H and O–H groups in total. The van der Waals surface area contributed by atoms with Crippen LogP contribution in [-0.2, 0) is 21.7 Å². The van der Waals surface area contributed by atoms with E-state index in [1.54, 1.807) is 0 Å². The van der Waals surface area contributed by atoms with Crippen molar-refractivity contribution in [2.45, 2.75) is 90.9 Å². The highest BCUT2D eigenvalue weighted by atomic mass is 14.5. The van der Waals surface area contributed by atoms with E-state index in [9.17, 15) is 0 Å². The fraction of sp³-hybridized carbons (Fsp3) is 0.292. The second-order valence-electron chi connectivity index (χ2n) is 17.5. The predicted molar refractivity (Wildman–Crippen MR) is 207 cm³/mol. The van der Waals surface area contributed by atoms with Crippen LogP contribution in [0.15, 0.2) is 109 Å². The van der Waals surface area contributed by atoms with Crippen molar-refractivity contribution in [3.05, 3.63) is 143 Å². The lowest BCUT2D eigenvalue weighted by atomic mass is 9.71. The smallest absolute Gasteiger partial charge is 0.0162 e. The molecule has 0 fully saturated rings. The van der Waals surface area contributed by atoms with Gasteiger partial charge in [0.1, 0.15) is 0 Å². The first kappa shape index (κ1) is 30.9. The van der Waals surface area contributed by atoms with Gasteiger partial charge < -0.3 is 0 Å². The van der Waals surface area contributed by atoms with Gasteiger partial charge in [-0.3, -0.25) is 0 Å². The molecule has 0 atom stereocenters. The second kappa shape index (κ2) is 10.1. The molecule has 6 aromatic carbocycles. The monoisotopic (exact) mass is 624 g/mol. The van der Waals surface area contributed by atoms with Crippen LogP contribution in [0.4, 0.5) is 0 Å². The average molecular weight is 625 g/mol. The Labute approximate surface area is 287 Å². The van der Waals surface area contributed by atoms with E-state index in [4.69, 9.17) is 0 Å². The molecule has 2 aliphatic carbocycles. The zero-order valence-electron chi connectivity index (χ0n) is 30.4. The van der Waals surface area contributed by atoms with Gasteiger partial charge in [0.2, 0.25) is 0 Å². The Hall–Kier alpha value is -4.42. The molecule has 0 radical (unpaired) electrons. The van der Waals surface area contributed by atoms with Crippen LogP contribution in [0.5, 0.6) is 0 Å². The Balaban J connectivity index is 1.31. The van der Waals surface area contributed by atoms with E-state index in [-0.39, 0.29) is 21.7 Å². The number of fused-ring (bicyclic) bond motifs is 10. The first-order valence-electron chi connectivity index (χ1n) is 17.7. The quantitative estimate of drug-likeness (QED) is 0.180. The van der Waals surface area contributed by atoms with Crippen molar-refractivity contribution in [3.63, 3.8) is 0 Å². The zero-order chi connectivity index (χ0) is 34.0. The molecule has 0 spiro atoms. The molecule has 8 rings (SSSR count). The van der Waals surface area contributed by atoms with Crippen molar-refractivity contribution < 1.29 is 0 Å². The van der Waals surface area contributed by atoms with Gasteiger partial charge in [0.05, 0.1) is 0 Å². The second-order valence-corrected chi connectivity index (χ2v) is 17.5. The first-order chi connectivity index (χ1) is 22.6. The van der Waals surface area contributed by atoms with E-state index in [0.29, 0.717) is 0 Å². The van der Waals surface area contributed by atoms with Crippen LogP contribution in [0, 0.1) is 0 Å². The molecule has 0 saturated carbocycles. The van der Waals surface area contributed by atoms with E-state index in [2.05, 4.69) is 178 Å². The first-order valence-corrected chi connectivity index (χ1v) is 17.7. The summed E-state index contributed by atoms with van der Waals surface area (Å²) in [4.78, 5) is 0. The molecular weight excluding hydrogens is 577 g/mol. The summed E-state index contributed by atoms with van der Waals surface area (Å²) in [6.45, 7) is 23.5. The van der Waals surface area contributed by atoms with Gasteiger partial charge >= 0.3 is 0 Å². The van der Waals surface area contributed by atoms with Crippen molar-refractivity contribution in [2.75, 3.05) is 0 Å². The number of rotatable bonds is 2. The van der Waals surface area contributed by atoms with Gasteiger partial charge in [-0.25, -0.2) is 0 Å². The molecule has 0 bridgehead atoms. The number of hydrogen-bond donors (Lipinski definition) is 0. The van der Waals surface area contributed by atoms with Crippen molar-refractivity contribution >= 4 is 10.8 Å². The van der Waals surface area contributed by atoms with Gasteiger partial charge in [-0.1, -0.05) is 166 Å². The van der Waals surface area contributed by atoms with Crippen LogP contribution in [0.3, 0.4) is 0 Å². The highest BCUT2D eigenvalue weighted by Gasteiger charge is 2.47. The van der Waals surface area contributed by atoms with Crippen molar-refractivity contribution in [1.82, 2.24) is 0 Å². The maximum absolute atomic E-state index is 2.48. The van der Waals surface area contributed by atoms with Crippen LogP contribution in [0.2, 0.25) is 0 Å². The van der Waals surface area contributed by atoms with Gasteiger partial charge in [-0.05, 0) is 112 Å². The molecule has 2 aliphatic rings. The summed E-state index contributed by atoms with van der Waals surface area (Å²) < 4.78 is 0. The van der Waals surface area contributed by atoms with Gasteiger partial charge in [-0.2, -0.15) is 0 Å². The standard InChI is InChI=1S/C48H48/c1-45(2,3)33-21-15-29(16-22-33)31-19-25-37-39(27-31)47(7,8)43-41(37)35-13-11-12-14-36(35)42-38-26-20-32(28-40(38)48(9,10)44(42)43)30-17-23-34(24-18-30)46(4,5)6/h11-28H,1-10H3. The summed E-state index contributed by atoms with van der Waals surface area (Å²) >= 11 is 0. The van der Waals surface area contributed by atoms with Gasteiger partial charge in [0, 0.05) is 10.8 Å². The van der Waals surface area contributed by atoms with Crippen LogP contribution in [0.1, 0.15) is 103 Å². The summed E-state index contributed by atoms with van der Waals surface area (Å²) in [6.07, 6.45) is 0. The van der Waals surface area contributed by atoms with Crippen molar-refractivity contribution in [3.8, 4) is 44.5 Å². The minimum atomic E-state index is -0.148. The maximum atomic E-state index is 2.48. The summed E-state index contributed by atoms with van der Waals surface area (Å²) in [7, 11) is 0. The molecule has 0 heterocycles. The Morgan fingerprint density at radius 3 is 1.06 bits per heavy atom. The highest BCUT2D eigenvalue weighted by Crippen LogP contribution is 2.62. The number of benzene rings is 6. The van der Waals surface area contributed by atoms with Crippen LogP contribution in [-0.4, -0.2) is 0 Å². The Morgan fingerprint density at radius 1 is 0.396 bits per heavy atom. The average Bonchev–Trinajstić information content (AvgIpc) is 3.43. The molecule has 0 aromatic heterocycles. The molecule has 240 valence electrons. The Bertz CT molecular complexity index is 2090. The Kier molecular flexibility index (Phi) is 6.47. The lowest BCUT2D eigenvalue weighted by molar-refractivity contribution is 0.590. The summed E-state index contributed by atoms with van der Waals surface area (Å²) in [6, 6.07) is 42.0. The third kappa shape index (κ3) is 4.41. The van der Waals surface area contributed by atoms with Crippen molar-refractivity contribution in [2.24, 2.45) is 0 Å². The Morgan fingerprint density at radius 2 is 0.729 bits per heavy atom. The van der Waals surface area contributed by atoms with E-state index in [1.807, 2.05) is 0 Å². The van der Waals surface area contributed by atoms with E-state index in [0.717, 1.165) is 0 Å². The highest BCUT2D eigenvalue weighted by molar-refractivity contribution is 6.13. The topological polar surface area (TPSA) is 0 Å². The zero-order valence-corrected chi connectivity index (χ0v) is 30.4. The van der Waals surface area contributed by atoms with E-state index < -0.39 is 0 Å². The molecule has 0 amide bonds. The SMILES string of the molecule is CC(C)(C)c1ccc(-c2ccc3c(c2)C(C)(C)c2c4c(c5ccccc5c2-3)-c2ccc(-c3ccc(C(C)(C)C)cc3)cc2C4(C)C)cc1. The molecule has 6 aromatic rings. The summed E-state index contributed by atoms with van der Waals surface area (Å²) in [5.41, 5.74) is 19.4. The molecule has 48 heavy (non-hydrogen) atoms. The fourth-order valence-corrected chi connectivity index (χ4v) is 8.76. The molecule has 0 saturated heterocycles. The molecule has 0 heteroatoms. The largest absolute Gasteiger partial charge is 0.0616 e. The molecule has 0 nitrogen and oxygen atoms in total.